The van der Waals surface area contributed by atoms with Gasteiger partial charge in [0.2, 0.25) is 0 Å². The molecular formula is C24H23FO4. The van der Waals surface area contributed by atoms with Crippen molar-refractivity contribution in [3.05, 3.63) is 82.4 Å². The van der Waals surface area contributed by atoms with Crippen molar-refractivity contribution in [2.75, 3.05) is 0 Å². The number of hydrogen-bond donors (Lipinski definition) is 2. The molecule has 2 aromatic carbocycles. The average Bonchev–Trinajstić information content (AvgIpc) is 2.72. The van der Waals surface area contributed by atoms with Gasteiger partial charge in [-0.05, 0) is 49.9 Å². The van der Waals surface area contributed by atoms with Crippen LogP contribution in [0, 0.1) is 5.82 Å². The summed E-state index contributed by atoms with van der Waals surface area (Å²) in [6.45, 7) is 2.05. The first-order chi connectivity index (χ1) is 14.0. The summed E-state index contributed by atoms with van der Waals surface area (Å²) in [6, 6.07) is 12.8. The third-order valence-corrected chi connectivity index (χ3v) is 5.77. The highest BCUT2D eigenvalue weighted by Gasteiger charge is 2.50. The smallest absolute Gasteiger partial charge is 0.200 e. The van der Waals surface area contributed by atoms with Crippen molar-refractivity contribution in [3.8, 4) is 5.75 Å². The number of carbonyl (C=O) groups is 1. The lowest BCUT2D eigenvalue weighted by atomic mass is 9.72. The Hall–Kier alpha value is -3.08. The number of para-hydroxylation sites is 1. The zero-order chi connectivity index (χ0) is 20.6. The first-order valence-corrected chi connectivity index (χ1v) is 9.92. The number of ether oxygens (including phenoxy) is 1. The first kappa shape index (κ1) is 19.2. The molecule has 5 heteroatoms. The van der Waals surface area contributed by atoms with Gasteiger partial charge < -0.3 is 14.9 Å². The normalized spacial score (nSPS) is 22.6. The van der Waals surface area contributed by atoms with E-state index in [-0.39, 0.29) is 40.4 Å². The molecule has 0 unspecified atom stereocenters. The predicted molar refractivity (Wildman–Crippen MR) is 108 cm³/mol. The Morgan fingerprint density at radius 2 is 1.90 bits per heavy atom. The number of unbranched alkanes of at least 4 members (excludes halogenated alkanes) is 1. The van der Waals surface area contributed by atoms with E-state index in [1.165, 1.54) is 18.2 Å². The Labute approximate surface area is 169 Å². The fraction of sp³-hybridized carbons (Fsp3) is 0.292. The maximum Gasteiger partial charge on any atom is 0.200 e. The Kier molecular flexibility index (Phi) is 4.91. The van der Waals surface area contributed by atoms with Gasteiger partial charge in [-0.15, -0.1) is 0 Å². The SMILES string of the molecule is CCCC[C@@]12CC/C(=C(/O)c3ccccc3F)C(O)=C1C(=O)c1ccccc1O2. The van der Waals surface area contributed by atoms with Crippen LogP contribution in [0.3, 0.4) is 0 Å². The Balaban J connectivity index is 1.91. The number of allylic oxidation sites excluding steroid dienone is 1. The zero-order valence-electron chi connectivity index (χ0n) is 16.2. The van der Waals surface area contributed by atoms with Gasteiger partial charge >= 0.3 is 0 Å². The number of benzene rings is 2. The molecule has 2 N–H and O–H groups in total. The first-order valence-electron chi connectivity index (χ1n) is 9.92. The van der Waals surface area contributed by atoms with Crippen LogP contribution >= 0.6 is 0 Å². The van der Waals surface area contributed by atoms with Gasteiger partial charge in [0.15, 0.2) is 5.78 Å². The molecule has 0 bridgehead atoms. The highest BCUT2D eigenvalue weighted by molar-refractivity contribution is 6.13. The van der Waals surface area contributed by atoms with E-state index >= 15 is 0 Å². The fourth-order valence-electron chi connectivity index (χ4n) is 4.25. The Bertz CT molecular complexity index is 1040. The van der Waals surface area contributed by atoms with Crippen molar-refractivity contribution in [1.82, 2.24) is 0 Å². The lowest BCUT2D eigenvalue weighted by molar-refractivity contribution is 0.0536. The number of aliphatic hydroxyl groups excluding tert-OH is 2. The van der Waals surface area contributed by atoms with Gasteiger partial charge in [0, 0.05) is 5.57 Å². The molecule has 1 aliphatic carbocycles. The summed E-state index contributed by atoms with van der Waals surface area (Å²) in [5, 5.41) is 21.8. The van der Waals surface area contributed by atoms with Crippen LogP contribution in [-0.4, -0.2) is 21.6 Å². The number of hydrogen-bond acceptors (Lipinski definition) is 4. The van der Waals surface area contributed by atoms with E-state index < -0.39 is 11.4 Å². The fourth-order valence-corrected chi connectivity index (χ4v) is 4.25. The van der Waals surface area contributed by atoms with E-state index in [9.17, 15) is 19.4 Å². The van der Waals surface area contributed by atoms with Crippen molar-refractivity contribution < 1.29 is 24.1 Å². The summed E-state index contributed by atoms with van der Waals surface area (Å²) in [7, 11) is 0. The van der Waals surface area contributed by atoms with E-state index in [2.05, 4.69) is 6.92 Å². The third kappa shape index (κ3) is 3.11. The van der Waals surface area contributed by atoms with Gasteiger partial charge in [0.05, 0.1) is 16.7 Å². The van der Waals surface area contributed by atoms with E-state index in [1.807, 2.05) is 6.07 Å². The minimum Gasteiger partial charge on any atom is -0.507 e. The summed E-state index contributed by atoms with van der Waals surface area (Å²) >= 11 is 0. The van der Waals surface area contributed by atoms with Gasteiger partial charge in [-0.1, -0.05) is 37.6 Å². The van der Waals surface area contributed by atoms with Gasteiger partial charge in [-0.25, -0.2) is 4.39 Å². The molecule has 0 radical (unpaired) electrons. The number of aliphatic hydroxyl groups is 2. The number of carbonyl (C=O) groups excluding carboxylic acids is 1. The molecule has 0 spiro atoms. The molecule has 4 rings (SSSR count). The van der Waals surface area contributed by atoms with Crippen LogP contribution in [0.25, 0.3) is 5.76 Å². The molecule has 1 heterocycles. The predicted octanol–water partition coefficient (Wildman–Crippen LogP) is 5.91. The molecule has 0 saturated carbocycles. The number of fused-ring (bicyclic) bond motifs is 2. The second kappa shape index (κ2) is 7.39. The largest absolute Gasteiger partial charge is 0.507 e. The molecule has 0 amide bonds. The topological polar surface area (TPSA) is 66.8 Å². The van der Waals surface area contributed by atoms with E-state index in [0.717, 1.165) is 12.8 Å². The highest BCUT2D eigenvalue weighted by Crippen LogP contribution is 2.49. The van der Waals surface area contributed by atoms with E-state index in [4.69, 9.17) is 4.74 Å². The van der Waals surface area contributed by atoms with Crippen LogP contribution in [0.4, 0.5) is 4.39 Å². The van der Waals surface area contributed by atoms with Crippen molar-refractivity contribution in [3.63, 3.8) is 0 Å². The van der Waals surface area contributed by atoms with E-state index in [0.29, 0.717) is 24.2 Å². The molecule has 1 atom stereocenters. The molecule has 1 aliphatic heterocycles. The average molecular weight is 394 g/mol. The van der Waals surface area contributed by atoms with Crippen molar-refractivity contribution >= 4 is 11.5 Å². The summed E-state index contributed by atoms with van der Waals surface area (Å²) in [5.41, 5.74) is -0.222. The minimum atomic E-state index is -0.940. The lowest BCUT2D eigenvalue weighted by Crippen LogP contribution is -2.47. The molecular weight excluding hydrogens is 371 g/mol. The second-order valence-electron chi connectivity index (χ2n) is 7.56. The van der Waals surface area contributed by atoms with Gasteiger partial charge in [-0.2, -0.15) is 0 Å². The van der Waals surface area contributed by atoms with Gasteiger partial charge in [0.25, 0.3) is 0 Å². The zero-order valence-corrected chi connectivity index (χ0v) is 16.2. The van der Waals surface area contributed by atoms with Crippen LogP contribution < -0.4 is 4.74 Å². The van der Waals surface area contributed by atoms with Crippen LogP contribution in [0.2, 0.25) is 0 Å². The van der Waals surface area contributed by atoms with Crippen LogP contribution in [0.5, 0.6) is 5.75 Å². The van der Waals surface area contributed by atoms with Crippen LogP contribution in [0.1, 0.15) is 54.9 Å². The standard InChI is InChI=1S/C24H23FO4/c1-2-3-13-24-14-12-17(21(26)15-8-4-6-10-18(15)25)23(28)20(24)22(27)16-9-5-7-11-19(16)29-24/h4-11,26,28H,2-3,12-14H2,1H3/b21-17-/t24-/m1/s1. The lowest BCUT2D eigenvalue weighted by Gasteiger charge is -2.43. The van der Waals surface area contributed by atoms with Gasteiger partial charge in [-0.3, -0.25) is 4.79 Å². The molecule has 0 saturated heterocycles. The number of ketones is 1. The molecule has 2 aliphatic rings. The molecule has 150 valence electrons. The summed E-state index contributed by atoms with van der Waals surface area (Å²) in [5.74, 6) is -1.03. The number of halogens is 1. The maximum atomic E-state index is 14.2. The maximum absolute atomic E-state index is 14.2. The van der Waals surface area contributed by atoms with Gasteiger partial charge in [0.1, 0.15) is 28.7 Å². The molecule has 0 fully saturated rings. The highest BCUT2D eigenvalue weighted by atomic mass is 19.1. The monoisotopic (exact) mass is 394 g/mol. The molecule has 29 heavy (non-hydrogen) atoms. The summed E-state index contributed by atoms with van der Waals surface area (Å²) in [4.78, 5) is 13.3. The van der Waals surface area contributed by atoms with Crippen LogP contribution in [0.15, 0.2) is 65.4 Å². The van der Waals surface area contributed by atoms with Crippen molar-refractivity contribution in [2.24, 2.45) is 0 Å². The Morgan fingerprint density at radius 3 is 2.66 bits per heavy atom. The molecule has 4 nitrogen and oxygen atoms in total. The Morgan fingerprint density at radius 1 is 1.17 bits per heavy atom. The third-order valence-electron chi connectivity index (χ3n) is 5.77. The van der Waals surface area contributed by atoms with E-state index in [1.54, 1.807) is 24.3 Å². The van der Waals surface area contributed by atoms with Crippen molar-refractivity contribution in [2.45, 2.75) is 44.6 Å². The minimum absolute atomic E-state index is 0.000264. The quantitative estimate of drug-likeness (QED) is 0.633. The van der Waals surface area contributed by atoms with Crippen LogP contribution in [-0.2, 0) is 0 Å². The second-order valence-corrected chi connectivity index (χ2v) is 7.56. The molecule has 2 aromatic rings. The van der Waals surface area contributed by atoms with Crippen molar-refractivity contribution in [1.29, 1.82) is 0 Å². The number of rotatable bonds is 4. The summed E-state index contributed by atoms with van der Waals surface area (Å²) in [6.07, 6.45) is 3.01. The summed E-state index contributed by atoms with van der Waals surface area (Å²) < 4.78 is 20.5. The molecule has 0 aromatic heterocycles. The number of Topliss-reactive ketones (excluding diaryl/α,β-unsaturated/α-hetero) is 1.